The lowest BCUT2D eigenvalue weighted by Crippen LogP contribution is -2.37. The molecule has 1 saturated heterocycles. The van der Waals surface area contributed by atoms with E-state index in [1.807, 2.05) is 18.3 Å². The second-order valence-corrected chi connectivity index (χ2v) is 7.24. The van der Waals surface area contributed by atoms with E-state index in [0.717, 1.165) is 42.0 Å². The molecule has 1 atom stereocenters. The largest absolute Gasteiger partial charge is 0.387 e. The molecule has 2 aromatic carbocycles. The third-order valence-corrected chi connectivity index (χ3v) is 5.49. The van der Waals surface area contributed by atoms with Crippen molar-refractivity contribution in [2.24, 2.45) is 5.92 Å². The summed E-state index contributed by atoms with van der Waals surface area (Å²) < 4.78 is 0. The van der Waals surface area contributed by atoms with Gasteiger partial charge in [-0.3, -0.25) is 0 Å². The minimum absolute atomic E-state index is 0.429. The van der Waals surface area contributed by atoms with E-state index in [2.05, 4.69) is 52.3 Å². The summed E-state index contributed by atoms with van der Waals surface area (Å²) in [5.41, 5.74) is 3.56. The second kappa shape index (κ2) is 7.42. The molecule has 0 bridgehead atoms. The molecule has 4 rings (SSSR count). The van der Waals surface area contributed by atoms with E-state index in [9.17, 15) is 5.11 Å². The fraction of sp³-hybridized carbons (Fsp3) is 0.364. The molecule has 1 aliphatic rings. The van der Waals surface area contributed by atoms with Crippen LogP contribution in [0.2, 0.25) is 0 Å². The highest BCUT2D eigenvalue weighted by Gasteiger charge is 2.22. The van der Waals surface area contributed by atoms with Crippen LogP contribution in [0.25, 0.3) is 10.9 Å². The first kappa shape index (κ1) is 16.4. The number of piperidine rings is 1. The maximum atomic E-state index is 10.7. The third-order valence-electron chi connectivity index (χ3n) is 5.49. The Hall–Kier alpha value is -2.10. The van der Waals surface area contributed by atoms with Crippen molar-refractivity contribution in [3.8, 4) is 0 Å². The molecule has 0 spiro atoms. The smallest absolute Gasteiger partial charge is 0.0937 e. The van der Waals surface area contributed by atoms with Crippen LogP contribution in [0, 0.1) is 5.92 Å². The molecule has 1 fully saturated rings. The van der Waals surface area contributed by atoms with Gasteiger partial charge in [0.05, 0.1) is 6.10 Å². The van der Waals surface area contributed by atoms with Gasteiger partial charge in [0.1, 0.15) is 0 Å². The average Bonchev–Trinajstić information content (AvgIpc) is 3.08. The summed E-state index contributed by atoms with van der Waals surface area (Å²) in [6, 6.07) is 19.0. The van der Waals surface area contributed by atoms with E-state index in [0.29, 0.717) is 0 Å². The van der Waals surface area contributed by atoms with Crippen LogP contribution >= 0.6 is 0 Å². The molecule has 0 amide bonds. The first-order valence-electron chi connectivity index (χ1n) is 9.30. The number of H-pyrrole nitrogens is 1. The highest BCUT2D eigenvalue weighted by molar-refractivity contribution is 5.83. The number of likely N-dealkylation sites (tertiary alicyclic amines) is 1. The Labute approximate surface area is 149 Å². The number of aliphatic hydroxyl groups is 1. The number of aromatic nitrogens is 1. The molecule has 3 heteroatoms. The van der Waals surface area contributed by atoms with Crippen molar-refractivity contribution in [3.05, 3.63) is 71.9 Å². The molecule has 2 N–H and O–H groups in total. The van der Waals surface area contributed by atoms with Crippen LogP contribution in [-0.2, 0) is 6.42 Å². The van der Waals surface area contributed by atoms with Crippen LogP contribution in [0.3, 0.4) is 0 Å². The van der Waals surface area contributed by atoms with Crippen LogP contribution in [-0.4, -0.2) is 34.6 Å². The molecular formula is C22H26N2O. The monoisotopic (exact) mass is 334 g/mol. The number of aromatic amines is 1. The Balaban J connectivity index is 1.32. The quantitative estimate of drug-likeness (QED) is 0.735. The summed E-state index contributed by atoms with van der Waals surface area (Å²) in [5.74, 6) is 0.767. The van der Waals surface area contributed by atoms with Crippen molar-refractivity contribution in [2.45, 2.75) is 25.4 Å². The molecule has 3 aromatic rings. The van der Waals surface area contributed by atoms with Crippen LogP contribution in [0.4, 0.5) is 0 Å². The summed E-state index contributed by atoms with van der Waals surface area (Å²) in [6.07, 6.45) is 5.14. The van der Waals surface area contributed by atoms with Crippen molar-refractivity contribution in [1.82, 2.24) is 9.88 Å². The Morgan fingerprint density at radius 3 is 2.52 bits per heavy atom. The van der Waals surface area contributed by atoms with Gasteiger partial charge in [0.15, 0.2) is 0 Å². The summed E-state index contributed by atoms with van der Waals surface area (Å²) in [6.45, 7) is 2.88. The number of nitrogens with zero attached hydrogens (tertiary/aromatic N) is 1. The molecule has 1 aromatic heterocycles. The predicted octanol–water partition coefficient (Wildman–Crippen LogP) is 4.16. The number of hydrogen-bond acceptors (Lipinski definition) is 2. The van der Waals surface area contributed by atoms with E-state index < -0.39 is 6.10 Å². The van der Waals surface area contributed by atoms with Crippen LogP contribution < -0.4 is 0 Å². The normalized spacial score (nSPS) is 17.8. The van der Waals surface area contributed by atoms with E-state index in [1.165, 1.54) is 24.8 Å². The fourth-order valence-electron chi connectivity index (χ4n) is 4.03. The predicted molar refractivity (Wildman–Crippen MR) is 103 cm³/mol. The van der Waals surface area contributed by atoms with Crippen LogP contribution in [0.1, 0.15) is 30.1 Å². The molecule has 0 radical (unpaired) electrons. The standard InChI is InChI=1S/C22H26N2O/c25-22(20-15-23-21-9-5-4-8-19(20)21)16-24-12-10-18(11-13-24)14-17-6-2-1-3-7-17/h1-9,15,18,22-23,25H,10-14,16H2/t22-/m0/s1. The van der Waals surface area contributed by atoms with Crippen molar-refractivity contribution in [2.75, 3.05) is 19.6 Å². The van der Waals surface area contributed by atoms with Gasteiger partial charge in [-0.25, -0.2) is 0 Å². The number of aliphatic hydroxyl groups excluding tert-OH is 1. The minimum atomic E-state index is -0.429. The molecule has 1 aliphatic heterocycles. The summed E-state index contributed by atoms with van der Waals surface area (Å²) >= 11 is 0. The van der Waals surface area contributed by atoms with E-state index in [4.69, 9.17) is 0 Å². The number of para-hydroxylation sites is 1. The molecule has 0 unspecified atom stereocenters. The zero-order valence-electron chi connectivity index (χ0n) is 14.6. The van der Waals surface area contributed by atoms with E-state index in [-0.39, 0.29) is 0 Å². The highest BCUT2D eigenvalue weighted by atomic mass is 16.3. The lowest BCUT2D eigenvalue weighted by atomic mass is 9.90. The van der Waals surface area contributed by atoms with Crippen molar-refractivity contribution in [1.29, 1.82) is 0 Å². The van der Waals surface area contributed by atoms with Gasteiger partial charge in [0.25, 0.3) is 0 Å². The SMILES string of the molecule is O[C@@H](CN1CCC(Cc2ccccc2)CC1)c1c[nH]c2ccccc12. The molecule has 0 aliphatic carbocycles. The van der Waals surface area contributed by atoms with E-state index >= 15 is 0 Å². The number of nitrogens with one attached hydrogen (secondary N) is 1. The average molecular weight is 334 g/mol. The lowest BCUT2D eigenvalue weighted by Gasteiger charge is -2.33. The first-order valence-corrected chi connectivity index (χ1v) is 9.30. The molecular weight excluding hydrogens is 308 g/mol. The number of β-amino-alcohol motifs (C(OH)–C–C–N with tert-alkyl or cyclic N) is 1. The molecule has 0 saturated carbocycles. The van der Waals surface area contributed by atoms with E-state index in [1.54, 1.807) is 0 Å². The Morgan fingerprint density at radius 2 is 1.72 bits per heavy atom. The summed E-state index contributed by atoms with van der Waals surface area (Å²) in [7, 11) is 0. The summed E-state index contributed by atoms with van der Waals surface area (Å²) in [5, 5.41) is 11.8. The zero-order valence-corrected chi connectivity index (χ0v) is 14.6. The van der Waals surface area contributed by atoms with Crippen LogP contribution in [0.15, 0.2) is 60.8 Å². The van der Waals surface area contributed by atoms with Crippen LogP contribution in [0.5, 0.6) is 0 Å². The first-order chi connectivity index (χ1) is 12.3. The van der Waals surface area contributed by atoms with Gasteiger partial charge in [-0.1, -0.05) is 48.5 Å². The topological polar surface area (TPSA) is 39.3 Å². The number of hydrogen-bond donors (Lipinski definition) is 2. The minimum Gasteiger partial charge on any atom is -0.387 e. The number of fused-ring (bicyclic) bond motifs is 1. The van der Waals surface area contributed by atoms with Crippen molar-refractivity contribution < 1.29 is 5.11 Å². The van der Waals surface area contributed by atoms with Gasteiger partial charge in [-0.05, 0) is 49.9 Å². The van der Waals surface area contributed by atoms with Gasteiger partial charge in [0.2, 0.25) is 0 Å². The van der Waals surface area contributed by atoms with Crippen molar-refractivity contribution in [3.63, 3.8) is 0 Å². The molecule has 130 valence electrons. The maximum Gasteiger partial charge on any atom is 0.0937 e. The number of rotatable bonds is 5. The van der Waals surface area contributed by atoms with Gasteiger partial charge >= 0.3 is 0 Å². The zero-order chi connectivity index (χ0) is 17.1. The van der Waals surface area contributed by atoms with Gasteiger partial charge < -0.3 is 15.0 Å². The van der Waals surface area contributed by atoms with Gasteiger partial charge in [-0.15, -0.1) is 0 Å². The van der Waals surface area contributed by atoms with Crippen molar-refractivity contribution >= 4 is 10.9 Å². The third kappa shape index (κ3) is 3.78. The number of benzene rings is 2. The summed E-state index contributed by atoms with van der Waals surface area (Å²) in [4.78, 5) is 5.67. The Kier molecular flexibility index (Phi) is 4.86. The van der Waals surface area contributed by atoms with Gasteiger partial charge in [0, 0.05) is 29.2 Å². The highest BCUT2D eigenvalue weighted by Crippen LogP contribution is 2.27. The molecule has 2 heterocycles. The Morgan fingerprint density at radius 1 is 1.00 bits per heavy atom. The Bertz CT molecular complexity index is 803. The maximum absolute atomic E-state index is 10.7. The molecule has 25 heavy (non-hydrogen) atoms. The lowest BCUT2D eigenvalue weighted by molar-refractivity contribution is 0.0901. The second-order valence-electron chi connectivity index (χ2n) is 7.24. The fourth-order valence-corrected chi connectivity index (χ4v) is 4.03. The van der Waals surface area contributed by atoms with Gasteiger partial charge in [-0.2, -0.15) is 0 Å². The molecule has 3 nitrogen and oxygen atoms in total.